The first-order chi connectivity index (χ1) is 7.18. The molecule has 0 aliphatic rings. The molecule has 5 nitrogen and oxygen atoms in total. The van der Waals surface area contributed by atoms with Gasteiger partial charge in [-0.3, -0.25) is 4.79 Å². The average molecular weight is 227 g/mol. The molecule has 5 heteroatoms. The van der Waals surface area contributed by atoms with Crippen molar-refractivity contribution in [2.45, 2.75) is 27.7 Å². The summed E-state index contributed by atoms with van der Waals surface area (Å²) in [6, 6.07) is 0. The van der Waals surface area contributed by atoms with E-state index < -0.39 is 11.9 Å². The summed E-state index contributed by atoms with van der Waals surface area (Å²) < 4.78 is 0. The van der Waals surface area contributed by atoms with Crippen molar-refractivity contribution in [1.82, 2.24) is 5.48 Å². The van der Waals surface area contributed by atoms with Crippen molar-refractivity contribution in [3.8, 4) is 0 Å². The van der Waals surface area contributed by atoms with Gasteiger partial charge in [0.15, 0.2) is 0 Å². The summed E-state index contributed by atoms with van der Waals surface area (Å²) in [7, 11) is 0. The largest absolute Gasteiger partial charge is 0.358 e. The quantitative estimate of drug-likeness (QED) is 0.570. The maximum Gasteiger partial charge on any atom is 0.358 e. The van der Waals surface area contributed by atoms with Crippen LogP contribution in [0.25, 0.3) is 0 Å². The number of hydrogen-bond acceptors (Lipinski definition) is 4. The zero-order valence-corrected chi connectivity index (χ0v) is 10.0. The van der Waals surface area contributed by atoms with E-state index in [1.165, 1.54) is 27.7 Å². The van der Waals surface area contributed by atoms with Gasteiger partial charge < -0.3 is 9.63 Å². The highest BCUT2D eigenvalue weighted by Crippen LogP contribution is 1.91. The highest BCUT2D eigenvalue weighted by atomic mass is 16.7. The molecule has 0 rings (SSSR count). The van der Waals surface area contributed by atoms with Gasteiger partial charge in [-0.1, -0.05) is 13.2 Å². The average Bonchev–Trinajstić information content (AvgIpc) is 2.12. The molecule has 0 fully saturated rings. The van der Waals surface area contributed by atoms with Crippen LogP contribution in [0.3, 0.4) is 0 Å². The topological polar surface area (TPSA) is 72.5 Å². The molecule has 0 aliphatic carbocycles. The zero-order chi connectivity index (χ0) is 13.3. The Labute approximate surface area is 95.1 Å². The first kappa shape index (κ1) is 16.5. The molecule has 0 radical (unpaired) electrons. The molecule has 0 atom stereocenters. The molecule has 0 unspecified atom stereocenters. The molecule has 0 saturated heterocycles. The Balaban J connectivity index is 0. The van der Waals surface area contributed by atoms with E-state index in [0.29, 0.717) is 0 Å². The smallest absolute Gasteiger partial charge is 0.335 e. The van der Waals surface area contributed by atoms with Gasteiger partial charge in [-0.05, 0) is 27.7 Å². The van der Waals surface area contributed by atoms with E-state index in [1.54, 1.807) is 0 Å². The van der Waals surface area contributed by atoms with Gasteiger partial charge >= 0.3 is 5.97 Å². The van der Waals surface area contributed by atoms with Crippen LogP contribution in [0.1, 0.15) is 27.7 Å². The number of nitrogens with one attached hydrogen (secondary N) is 1. The Bertz CT molecular complexity index is 288. The lowest BCUT2D eigenvalue weighted by molar-refractivity contribution is -0.152. The number of carbonyl (C=O) groups is 3. The SMILES string of the molecule is C=C(C)C(=O)NOC(=O)C(=C)C.CC(C)=O. The lowest BCUT2D eigenvalue weighted by Gasteiger charge is -2.03. The van der Waals surface area contributed by atoms with Crippen LogP contribution in [0.5, 0.6) is 0 Å². The van der Waals surface area contributed by atoms with E-state index in [-0.39, 0.29) is 16.9 Å². The van der Waals surface area contributed by atoms with E-state index in [4.69, 9.17) is 0 Å². The Morgan fingerprint density at radius 1 is 0.938 bits per heavy atom. The number of ketones is 1. The molecule has 0 saturated carbocycles. The molecule has 1 N–H and O–H groups in total. The third-order valence-corrected chi connectivity index (χ3v) is 0.973. The normalized spacial score (nSPS) is 8.00. The number of amides is 1. The van der Waals surface area contributed by atoms with Gasteiger partial charge in [-0.2, -0.15) is 5.48 Å². The van der Waals surface area contributed by atoms with Gasteiger partial charge in [-0.25, -0.2) is 4.79 Å². The highest BCUT2D eigenvalue weighted by Gasteiger charge is 2.06. The van der Waals surface area contributed by atoms with Crippen LogP contribution in [0.15, 0.2) is 24.3 Å². The maximum atomic E-state index is 10.8. The second-order valence-corrected chi connectivity index (χ2v) is 3.29. The van der Waals surface area contributed by atoms with Crippen molar-refractivity contribution in [1.29, 1.82) is 0 Å². The summed E-state index contributed by atoms with van der Waals surface area (Å²) in [6.07, 6.45) is 0. The van der Waals surface area contributed by atoms with Crippen LogP contribution in [0.2, 0.25) is 0 Å². The molecule has 0 aromatic heterocycles. The molecule has 0 heterocycles. The van der Waals surface area contributed by atoms with E-state index >= 15 is 0 Å². The van der Waals surface area contributed by atoms with Crippen molar-refractivity contribution < 1.29 is 19.2 Å². The number of Topliss-reactive ketones (excluding diaryl/α,β-unsaturated/α-hetero) is 1. The van der Waals surface area contributed by atoms with Crippen LogP contribution in [0.4, 0.5) is 0 Å². The minimum absolute atomic E-state index is 0.167. The molecule has 1 amide bonds. The summed E-state index contributed by atoms with van der Waals surface area (Å²) in [4.78, 5) is 35.2. The van der Waals surface area contributed by atoms with Gasteiger partial charge in [0.1, 0.15) is 5.78 Å². The lowest BCUT2D eigenvalue weighted by Crippen LogP contribution is -2.27. The minimum atomic E-state index is -0.662. The summed E-state index contributed by atoms with van der Waals surface area (Å²) in [5.41, 5.74) is 2.40. The van der Waals surface area contributed by atoms with Gasteiger partial charge in [0.05, 0.1) is 0 Å². The fourth-order valence-electron chi connectivity index (χ4n) is 0.267. The molecular formula is C11H17NO4. The lowest BCUT2D eigenvalue weighted by atomic mass is 10.3. The predicted molar refractivity (Wildman–Crippen MR) is 60.2 cm³/mol. The first-order valence-electron chi connectivity index (χ1n) is 4.48. The van der Waals surface area contributed by atoms with E-state index in [0.717, 1.165) is 0 Å². The zero-order valence-electron chi connectivity index (χ0n) is 10.0. The minimum Gasteiger partial charge on any atom is -0.335 e. The van der Waals surface area contributed by atoms with Crippen LogP contribution in [0, 0.1) is 0 Å². The first-order valence-corrected chi connectivity index (χ1v) is 4.48. The Morgan fingerprint density at radius 2 is 1.31 bits per heavy atom. The van der Waals surface area contributed by atoms with E-state index in [9.17, 15) is 14.4 Å². The number of rotatable bonds is 2. The summed E-state index contributed by atoms with van der Waals surface area (Å²) in [6.45, 7) is 12.7. The van der Waals surface area contributed by atoms with Crippen LogP contribution < -0.4 is 5.48 Å². The molecule has 0 aliphatic heterocycles. The van der Waals surface area contributed by atoms with Gasteiger partial charge in [0.25, 0.3) is 5.91 Å². The van der Waals surface area contributed by atoms with Gasteiger partial charge in [0, 0.05) is 11.1 Å². The van der Waals surface area contributed by atoms with Gasteiger partial charge in [0.2, 0.25) is 0 Å². The Morgan fingerprint density at radius 3 is 1.56 bits per heavy atom. The van der Waals surface area contributed by atoms with Crippen LogP contribution >= 0.6 is 0 Å². The number of hydrogen-bond donors (Lipinski definition) is 1. The monoisotopic (exact) mass is 227 g/mol. The van der Waals surface area contributed by atoms with E-state index in [1.807, 2.05) is 5.48 Å². The summed E-state index contributed by atoms with van der Waals surface area (Å²) in [5, 5.41) is 0. The van der Waals surface area contributed by atoms with Crippen LogP contribution in [-0.2, 0) is 19.2 Å². The van der Waals surface area contributed by atoms with Crippen molar-refractivity contribution >= 4 is 17.7 Å². The molecule has 0 bridgehead atoms. The third-order valence-electron chi connectivity index (χ3n) is 0.973. The molecule has 0 aromatic rings. The van der Waals surface area contributed by atoms with Crippen molar-refractivity contribution in [3.05, 3.63) is 24.3 Å². The maximum absolute atomic E-state index is 10.8. The molecule has 0 spiro atoms. The number of hydroxylamine groups is 1. The van der Waals surface area contributed by atoms with Crippen LogP contribution in [-0.4, -0.2) is 17.7 Å². The Hall–Kier alpha value is -1.91. The summed E-state index contributed by atoms with van der Waals surface area (Å²) in [5.74, 6) is -1.02. The molecular weight excluding hydrogens is 210 g/mol. The second kappa shape index (κ2) is 8.40. The summed E-state index contributed by atoms with van der Waals surface area (Å²) >= 11 is 0. The fourth-order valence-corrected chi connectivity index (χ4v) is 0.267. The van der Waals surface area contributed by atoms with E-state index in [2.05, 4.69) is 18.0 Å². The van der Waals surface area contributed by atoms with Gasteiger partial charge in [-0.15, -0.1) is 0 Å². The second-order valence-electron chi connectivity index (χ2n) is 3.29. The van der Waals surface area contributed by atoms with Crippen molar-refractivity contribution in [2.75, 3.05) is 0 Å². The predicted octanol–water partition coefficient (Wildman–Crippen LogP) is 1.31. The van der Waals surface area contributed by atoms with Crippen molar-refractivity contribution in [3.63, 3.8) is 0 Å². The van der Waals surface area contributed by atoms with Crippen molar-refractivity contribution in [2.24, 2.45) is 0 Å². The number of carbonyl (C=O) groups excluding carboxylic acids is 3. The third kappa shape index (κ3) is 12.1. The molecule has 90 valence electrons. The Kier molecular flexibility index (Phi) is 8.67. The fraction of sp³-hybridized carbons (Fsp3) is 0.364. The standard InChI is InChI=1S/C8H11NO3.C3H6O/c1-5(2)7(10)9-12-8(11)6(3)4;1-3(2)4/h1,3H2,2,4H3,(H,9,10);1-2H3. The highest BCUT2D eigenvalue weighted by molar-refractivity contribution is 5.93. The molecule has 0 aromatic carbocycles. The molecule has 16 heavy (non-hydrogen) atoms.